The van der Waals surface area contributed by atoms with E-state index >= 15 is 0 Å². The molecule has 0 aliphatic heterocycles. The van der Waals surface area contributed by atoms with Crippen molar-refractivity contribution in [1.29, 1.82) is 0 Å². The Balaban J connectivity index is 3.97. The van der Waals surface area contributed by atoms with Gasteiger partial charge in [-0.25, -0.2) is 9.59 Å². The van der Waals surface area contributed by atoms with Gasteiger partial charge in [-0.3, -0.25) is 4.79 Å². The predicted octanol–water partition coefficient (Wildman–Crippen LogP) is 1.22. The highest BCUT2D eigenvalue weighted by atomic mass is 16.5. The van der Waals surface area contributed by atoms with Crippen molar-refractivity contribution in [3.05, 3.63) is 0 Å². The lowest BCUT2D eigenvalue weighted by Gasteiger charge is -2.15. The third-order valence-electron chi connectivity index (χ3n) is 2.70. The number of carbonyl (C=O) groups excluding carboxylic acids is 3. The molecule has 2 amide bonds. The van der Waals surface area contributed by atoms with Gasteiger partial charge in [-0.15, -0.1) is 0 Å². The predicted molar refractivity (Wildman–Crippen MR) is 77.7 cm³/mol. The maximum absolute atomic E-state index is 11.6. The van der Waals surface area contributed by atoms with Gasteiger partial charge in [0.1, 0.15) is 6.04 Å². The summed E-state index contributed by atoms with van der Waals surface area (Å²) in [5.41, 5.74) is 0. The van der Waals surface area contributed by atoms with E-state index in [1.807, 2.05) is 6.92 Å². The molecule has 0 aliphatic rings. The first-order valence-electron chi connectivity index (χ1n) is 7.29. The second-order valence-corrected chi connectivity index (χ2v) is 4.75. The highest BCUT2D eigenvalue weighted by molar-refractivity contribution is 5.83. The first-order valence-corrected chi connectivity index (χ1v) is 7.29. The van der Waals surface area contributed by atoms with Crippen LogP contribution in [0.3, 0.4) is 0 Å². The Morgan fingerprint density at radius 1 is 1.05 bits per heavy atom. The SMILES string of the molecule is CCCCOC(=O)C(C)NC(=O)NCC(C)C(=O)OCC. The first kappa shape index (κ1) is 19.2. The van der Waals surface area contributed by atoms with Crippen molar-refractivity contribution in [3.63, 3.8) is 0 Å². The van der Waals surface area contributed by atoms with E-state index in [4.69, 9.17) is 9.47 Å². The number of nitrogens with one attached hydrogen (secondary N) is 2. The number of amides is 2. The molecule has 0 aromatic heterocycles. The van der Waals surface area contributed by atoms with Crippen LogP contribution >= 0.6 is 0 Å². The molecule has 0 spiro atoms. The van der Waals surface area contributed by atoms with E-state index in [-0.39, 0.29) is 12.5 Å². The molecule has 7 heteroatoms. The molecule has 0 saturated heterocycles. The van der Waals surface area contributed by atoms with Crippen LogP contribution in [0.25, 0.3) is 0 Å². The van der Waals surface area contributed by atoms with Crippen LogP contribution in [0.1, 0.15) is 40.5 Å². The van der Waals surface area contributed by atoms with Crippen molar-refractivity contribution in [3.8, 4) is 0 Å². The van der Waals surface area contributed by atoms with Crippen LogP contribution in [0.2, 0.25) is 0 Å². The van der Waals surface area contributed by atoms with Crippen LogP contribution in [0.15, 0.2) is 0 Å². The molecule has 2 atom stereocenters. The van der Waals surface area contributed by atoms with Gasteiger partial charge in [-0.2, -0.15) is 0 Å². The van der Waals surface area contributed by atoms with Crippen LogP contribution in [-0.2, 0) is 19.1 Å². The van der Waals surface area contributed by atoms with E-state index in [2.05, 4.69) is 10.6 Å². The smallest absolute Gasteiger partial charge is 0.328 e. The zero-order chi connectivity index (χ0) is 16.3. The van der Waals surface area contributed by atoms with Crippen molar-refractivity contribution < 1.29 is 23.9 Å². The second-order valence-electron chi connectivity index (χ2n) is 4.75. The molecule has 2 N–H and O–H groups in total. The minimum absolute atomic E-state index is 0.141. The molecule has 0 saturated carbocycles. The van der Waals surface area contributed by atoms with Crippen LogP contribution in [-0.4, -0.2) is 43.8 Å². The Morgan fingerprint density at radius 3 is 2.29 bits per heavy atom. The molecular weight excluding hydrogens is 276 g/mol. The van der Waals surface area contributed by atoms with Crippen molar-refractivity contribution in [2.45, 2.75) is 46.6 Å². The Hall–Kier alpha value is -1.79. The van der Waals surface area contributed by atoms with Gasteiger partial charge < -0.3 is 20.1 Å². The van der Waals surface area contributed by atoms with E-state index < -0.39 is 24.0 Å². The number of ether oxygens (including phenoxy) is 2. The largest absolute Gasteiger partial charge is 0.466 e. The Bertz CT molecular complexity index is 346. The monoisotopic (exact) mass is 302 g/mol. The average Bonchev–Trinajstić information content (AvgIpc) is 2.44. The normalized spacial score (nSPS) is 13.0. The summed E-state index contributed by atoms with van der Waals surface area (Å²) in [6.07, 6.45) is 1.73. The van der Waals surface area contributed by atoms with Crippen molar-refractivity contribution in [1.82, 2.24) is 10.6 Å². The summed E-state index contributed by atoms with van der Waals surface area (Å²) in [4.78, 5) is 34.5. The molecule has 0 radical (unpaired) electrons. The highest BCUT2D eigenvalue weighted by Gasteiger charge is 2.19. The maximum Gasteiger partial charge on any atom is 0.328 e. The second kappa shape index (κ2) is 10.9. The van der Waals surface area contributed by atoms with Gasteiger partial charge in [0.15, 0.2) is 0 Å². The molecule has 21 heavy (non-hydrogen) atoms. The molecular formula is C14H26N2O5. The van der Waals surface area contributed by atoms with E-state index in [0.717, 1.165) is 12.8 Å². The molecule has 7 nitrogen and oxygen atoms in total. The van der Waals surface area contributed by atoms with Crippen LogP contribution < -0.4 is 10.6 Å². The van der Waals surface area contributed by atoms with Gasteiger partial charge in [-0.1, -0.05) is 20.3 Å². The number of unbranched alkanes of at least 4 members (excludes halogenated alkanes) is 1. The summed E-state index contributed by atoms with van der Waals surface area (Å²) in [7, 11) is 0. The fourth-order valence-corrected chi connectivity index (χ4v) is 1.36. The lowest BCUT2D eigenvalue weighted by atomic mass is 10.2. The summed E-state index contributed by atoms with van der Waals surface area (Å²) >= 11 is 0. The Morgan fingerprint density at radius 2 is 1.71 bits per heavy atom. The lowest BCUT2D eigenvalue weighted by molar-refractivity contribution is -0.147. The van der Waals surface area contributed by atoms with Crippen LogP contribution in [0.4, 0.5) is 4.79 Å². The van der Waals surface area contributed by atoms with E-state index in [1.165, 1.54) is 0 Å². The zero-order valence-electron chi connectivity index (χ0n) is 13.2. The average molecular weight is 302 g/mol. The quantitative estimate of drug-likeness (QED) is 0.493. The third kappa shape index (κ3) is 8.88. The van der Waals surface area contributed by atoms with Crippen molar-refractivity contribution in [2.75, 3.05) is 19.8 Å². The number of hydrogen-bond donors (Lipinski definition) is 2. The number of esters is 2. The van der Waals surface area contributed by atoms with E-state index in [0.29, 0.717) is 13.2 Å². The number of hydrogen-bond acceptors (Lipinski definition) is 5. The molecule has 0 rings (SSSR count). The van der Waals surface area contributed by atoms with Gasteiger partial charge in [0.25, 0.3) is 0 Å². The van der Waals surface area contributed by atoms with Gasteiger partial charge in [-0.05, 0) is 20.3 Å². The molecule has 122 valence electrons. The zero-order valence-corrected chi connectivity index (χ0v) is 13.2. The van der Waals surface area contributed by atoms with Crippen LogP contribution in [0.5, 0.6) is 0 Å². The topological polar surface area (TPSA) is 93.7 Å². The third-order valence-corrected chi connectivity index (χ3v) is 2.70. The van der Waals surface area contributed by atoms with E-state index in [1.54, 1.807) is 20.8 Å². The standard InChI is InChI=1S/C14H26N2O5/c1-5-7-8-21-13(18)11(4)16-14(19)15-9-10(3)12(17)20-6-2/h10-11H,5-9H2,1-4H3,(H2,15,16,19). The van der Waals surface area contributed by atoms with Gasteiger partial charge >= 0.3 is 18.0 Å². The summed E-state index contributed by atoms with van der Waals surface area (Å²) < 4.78 is 9.81. The number of carbonyl (C=O) groups is 3. The Kier molecular flexibility index (Phi) is 10.0. The Labute approximate surface area is 125 Å². The highest BCUT2D eigenvalue weighted by Crippen LogP contribution is 1.97. The minimum atomic E-state index is -0.736. The number of rotatable bonds is 9. The molecule has 0 aliphatic carbocycles. The minimum Gasteiger partial charge on any atom is -0.466 e. The molecule has 0 aromatic rings. The summed E-state index contributed by atoms with van der Waals surface area (Å²) in [5.74, 6) is -1.29. The van der Waals surface area contributed by atoms with E-state index in [9.17, 15) is 14.4 Å². The first-order chi connectivity index (χ1) is 9.92. The van der Waals surface area contributed by atoms with Crippen LogP contribution in [0, 0.1) is 5.92 Å². The number of urea groups is 1. The fourth-order valence-electron chi connectivity index (χ4n) is 1.36. The lowest BCUT2D eigenvalue weighted by Crippen LogP contribution is -2.46. The fraction of sp³-hybridized carbons (Fsp3) is 0.786. The maximum atomic E-state index is 11.6. The van der Waals surface area contributed by atoms with Gasteiger partial charge in [0.05, 0.1) is 19.1 Å². The summed E-state index contributed by atoms with van der Waals surface area (Å²) in [5, 5.41) is 4.97. The van der Waals surface area contributed by atoms with Gasteiger partial charge in [0, 0.05) is 6.54 Å². The summed E-state index contributed by atoms with van der Waals surface area (Å²) in [6, 6.07) is -1.26. The summed E-state index contributed by atoms with van der Waals surface area (Å²) in [6.45, 7) is 7.70. The molecule has 0 heterocycles. The molecule has 0 bridgehead atoms. The van der Waals surface area contributed by atoms with Gasteiger partial charge in [0.2, 0.25) is 0 Å². The van der Waals surface area contributed by atoms with Crippen molar-refractivity contribution in [2.24, 2.45) is 5.92 Å². The molecule has 2 unspecified atom stereocenters. The van der Waals surface area contributed by atoms with Crippen molar-refractivity contribution >= 4 is 18.0 Å². The molecule has 0 aromatic carbocycles. The molecule has 0 fully saturated rings.